The summed E-state index contributed by atoms with van der Waals surface area (Å²) in [6.45, 7) is 5.17. The van der Waals surface area contributed by atoms with Crippen molar-refractivity contribution < 1.29 is 14.2 Å². The Balaban J connectivity index is 1.27. The number of unbranched alkanes of at least 4 members (excludes halogenated alkanes) is 5. The monoisotopic (exact) mass is 441 g/mol. The standard InChI is InChI=1S/C26H39N3O3/c1-2-3-17-30-18-8-9-20-32-26-16-14-24(28-29-26)23-13-15-25(27-21-23)31-19-7-5-4-6-10-22-11-12-22/h13-16,21-22H,2-12,17-20H2,1H3. The highest BCUT2D eigenvalue weighted by atomic mass is 16.5. The highest BCUT2D eigenvalue weighted by Crippen LogP contribution is 2.34. The number of ether oxygens (including phenoxy) is 3. The summed E-state index contributed by atoms with van der Waals surface area (Å²) in [5, 5.41) is 8.44. The van der Waals surface area contributed by atoms with Crippen LogP contribution >= 0.6 is 0 Å². The van der Waals surface area contributed by atoms with Crippen molar-refractivity contribution in [1.82, 2.24) is 15.2 Å². The van der Waals surface area contributed by atoms with Crippen molar-refractivity contribution in [3.63, 3.8) is 0 Å². The highest BCUT2D eigenvalue weighted by Gasteiger charge is 2.19. The van der Waals surface area contributed by atoms with Crippen LogP contribution < -0.4 is 9.47 Å². The summed E-state index contributed by atoms with van der Waals surface area (Å²) in [5.74, 6) is 2.26. The minimum absolute atomic E-state index is 0.547. The summed E-state index contributed by atoms with van der Waals surface area (Å²) in [6.07, 6.45) is 15.4. The quantitative estimate of drug-likeness (QED) is 0.255. The Morgan fingerprint density at radius 2 is 1.47 bits per heavy atom. The van der Waals surface area contributed by atoms with Gasteiger partial charge in [-0.1, -0.05) is 51.9 Å². The van der Waals surface area contributed by atoms with Crippen LogP contribution in [0.25, 0.3) is 11.3 Å². The van der Waals surface area contributed by atoms with E-state index in [2.05, 4.69) is 22.1 Å². The molecule has 6 heteroatoms. The number of rotatable bonds is 18. The molecule has 0 saturated heterocycles. The molecule has 1 saturated carbocycles. The second kappa shape index (κ2) is 14.8. The molecular formula is C26H39N3O3. The van der Waals surface area contributed by atoms with Gasteiger partial charge in [0, 0.05) is 37.1 Å². The normalized spacial score (nSPS) is 13.3. The molecule has 1 aliphatic carbocycles. The van der Waals surface area contributed by atoms with Crippen LogP contribution in [0.4, 0.5) is 0 Å². The zero-order valence-corrected chi connectivity index (χ0v) is 19.6. The summed E-state index contributed by atoms with van der Waals surface area (Å²) in [4.78, 5) is 4.41. The molecule has 2 aromatic rings. The van der Waals surface area contributed by atoms with Crippen LogP contribution in [-0.2, 0) is 4.74 Å². The molecule has 32 heavy (non-hydrogen) atoms. The topological polar surface area (TPSA) is 66.4 Å². The summed E-state index contributed by atoms with van der Waals surface area (Å²) >= 11 is 0. The van der Waals surface area contributed by atoms with Crippen molar-refractivity contribution in [2.75, 3.05) is 26.4 Å². The molecule has 1 fully saturated rings. The first kappa shape index (κ1) is 24.4. The summed E-state index contributed by atoms with van der Waals surface area (Å²) < 4.78 is 17.0. The average molecular weight is 442 g/mol. The first-order chi connectivity index (χ1) is 15.8. The lowest BCUT2D eigenvalue weighted by atomic mass is 10.1. The Labute approximate surface area is 193 Å². The molecule has 3 rings (SSSR count). The lowest BCUT2D eigenvalue weighted by molar-refractivity contribution is 0.123. The molecule has 0 spiro atoms. The van der Waals surface area contributed by atoms with Crippen LogP contribution in [0.15, 0.2) is 30.5 Å². The Hall–Kier alpha value is -2.21. The fraction of sp³-hybridized carbons (Fsp3) is 0.654. The number of hydrogen-bond acceptors (Lipinski definition) is 6. The van der Waals surface area contributed by atoms with Gasteiger partial charge in [0.25, 0.3) is 0 Å². The smallest absolute Gasteiger partial charge is 0.233 e. The molecule has 6 nitrogen and oxygen atoms in total. The molecule has 176 valence electrons. The van der Waals surface area contributed by atoms with Gasteiger partial charge >= 0.3 is 0 Å². The molecular weight excluding hydrogens is 402 g/mol. The van der Waals surface area contributed by atoms with E-state index >= 15 is 0 Å². The van der Waals surface area contributed by atoms with Crippen LogP contribution in [0, 0.1) is 5.92 Å². The number of nitrogens with zero attached hydrogens (tertiary/aromatic N) is 3. The molecule has 0 radical (unpaired) electrons. The van der Waals surface area contributed by atoms with Gasteiger partial charge in [0.2, 0.25) is 11.8 Å². The van der Waals surface area contributed by atoms with E-state index in [0.29, 0.717) is 18.4 Å². The van der Waals surface area contributed by atoms with Gasteiger partial charge < -0.3 is 14.2 Å². The summed E-state index contributed by atoms with van der Waals surface area (Å²) in [6, 6.07) is 7.64. The molecule has 2 heterocycles. The molecule has 0 aliphatic heterocycles. The van der Waals surface area contributed by atoms with E-state index in [1.165, 1.54) is 44.9 Å². The largest absolute Gasteiger partial charge is 0.478 e. The minimum atomic E-state index is 0.547. The second-order valence-electron chi connectivity index (χ2n) is 8.66. The third-order valence-electron chi connectivity index (χ3n) is 5.70. The minimum Gasteiger partial charge on any atom is -0.478 e. The molecule has 0 aromatic carbocycles. The fourth-order valence-corrected chi connectivity index (χ4v) is 3.47. The predicted molar refractivity (Wildman–Crippen MR) is 127 cm³/mol. The zero-order valence-electron chi connectivity index (χ0n) is 19.6. The van der Waals surface area contributed by atoms with E-state index in [1.807, 2.05) is 24.3 Å². The van der Waals surface area contributed by atoms with E-state index in [-0.39, 0.29) is 0 Å². The Morgan fingerprint density at radius 3 is 2.19 bits per heavy atom. The van der Waals surface area contributed by atoms with Crippen molar-refractivity contribution >= 4 is 0 Å². The molecule has 0 amide bonds. The molecule has 0 unspecified atom stereocenters. The second-order valence-corrected chi connectivity index (χ2v) is 8.66. The van der Waals surface area contributed by atoms with E-state index in [1.54, 1.807) is 6.20 Å². The zero-order chi connectivity index (χ0) is 22.3. The first-order valence-electron chi connectivity index (χ1n) is 12.5. The molecule has 0 atom stereocenters. The fourth-order valence-electron chi connectivity index (χ4n) is 3.47. The van der Waals surface area contributed by atoms with E-state index < -0.39 is 0 Å². The maximum absolute atomic E-state index is 5.77. The van der Waals surface area contributed by atoms with E-state index in [9.17, 15) is 0 Å². The van der Waals surface area contributed by atoms with Gasteiger partial charge in [-0.3, -0.25) is 0 Å². The lowest BCUT2D eigenvalue weighted by Crippen LogP contribution is -2.03. The van der Waals surface area contributed by atoms with Crippen molar-refractivity contribution in [2.24, 2.45) is 5.92 Å². The van der Waals surface area contributed by atoms with Gasteiger partial charge in [0.1, 0.15) is 0 Å². The maximum atomic E-state index is 5.77. The van der Waals surface area contributed by atoms with Gasteiger partial charge in [-0.25, -0.2) is 4.98 Å². The van der Waals surface area contributed by atoms with E-state index in [4.69, 9.17) is 14.2 Å². The maximum Gasteiger partial charge on any atom is 0.233 e. The summed E-state index contributed by atoms with van der Waals surface area (Å²) in [5.41, 5.74) is 1.69. The molecule has 2 aromatic heterocycles. The van der Waals surface area contributed by atoms with Gasteiger partial charge in [-0.05, 0) is 43.7 Å². The molecule has 1 aliphatic rings. The van der Waals surface area contributed by atoms with Gasteiger partial charge in [0.05, 0.1) is 18.9 Å². The Morgan fingerprint density at radius 1 is 0.750 bits per heavy atom. The Bertz CT molecular complexity index is 733. The van der Waals surface area contributed by atoms with Crippen molar-refractivity contribution in [1.29, 1.82) is 0 Å². The van der Waals surface area contributed by atoms with E-state index in [0.717, 1.165) is 62.7 Å². The number of pyridine rings is 1. The van der Waals surface area contributed by atoms with Gasteiger partial charge in [-0.2, -0.15) is 0 Å². The highest BCUT2D eigenvalue weighted by molar-refractivity contribution is 5.57. The third-order valence-corrected chi connectivity index (χ3v) is 5.70. The average Bonchev–Trinajstić information content (AvgIpc) is 3.65. The lowest BCUT2D eigenvalue weighted by Gasteiger charge is -2.07. The molecule has 0 bridgehead atoms. The van der Waals surface area contributed by atoms with Crippen LogP contribution in [-0.4, -0.2) is 41.6 Å². The number of hydrogen-bond donors (Lipinski definition) is 0. The van der Waals surface area contributed by atoms with Crippen molar-refractivity contribution in [3.05, 3.63) is 30.5 Å². The van der Waals surface area contributed by atoms with Crippen LogP contribution in [0.3, 0.4) is 0 Å². The van der Waals surface area contributed by atoms with Crippen LogP contribution in [0.5, 0.6) is 11.8 Å². The SMILES string of the molecule is CCCCOCCCCOc1ccc(-c2ccc(OCCCCCCC3CC3)nc2)nn1. The predicted octanol–water partition coefficient (Wildman–Crippen LogP) is 6.25. The van der Waals surface area contributed by atoms with Crippen LogP contribution in [0.2, 0.25) is 0 Å². The summed E-state index contributed by atoms with van der Waals surface area (Å²) in [7, 11) is 0. The van der Waals surface area contributed by atoms with Crippen LogP contribution in [0.1, 0.15) is 77.6 Å². The van der Waals surface area contributed by atoms with Crippen molar-refractivity contribution in [2.45, 2.75) is 77.6 Å². The van der Waals surface area contributed by atoms with Gasteiger partial charge in [-0.15, -0.1) is 10.2 Å². The first-order valence-corrected chi connectivity index (χ1v) is 12.5. The van der Waals surface area contributed by atoms with Crippen molar-refractivity contribution in [3.8, 4) is 23.0 Å². The third kappa shape index (κ3) is 9.94. The van der Waals surface area contributed by atoms with Gasteiger partial charge in [0.15, 0.2) is 0 Å². The Kier molecular flexibility index (Phi) is 11.3. The molecule has 0 N–H and O–H groups in total. The number of aromatic nitrogens is 3.